The molecule has 36 heavy (non-hydrogen) atoms. The fraction of sp³-hybridized carbons (Fsp3) is 0.296. The van der Waals surface area contributed by atoms with E-state index < -0.39 is 5.97 Å². The molecule has 0 amide bonds. The van der Waals surface area contributed by atoms with Crippen LogP contribution in [0.3, 0.4) is 0 Å². The number of esters is 1. The van der Waals surface area contributed by atoms with E-state index in [0.717, 1.165) is 16.8 Å². The third-order valence-corrected chi connectivity index (χ3v) is 5.98. The summed E-state index contributed by atoms with van der Waals surface area (Å²) in [5, 5.41) is 4.68. The van der Waals surface area contributed by atoms with Crippen molar-refractivity contribution in [3.05, 3.63) is 78.1 Å². The van der Waals surface area contributed by atoms with Gasteiger partial charge in [0.05, 0.1) is 18.8 Å². The van der Waals surface area contributed by atoms with Gasteiger partial charge in [0.2, 0.25) is 0 Å². The third-order valence-electron chi connectivity index (χ3n) is 5.98. The molecule has 4 aromatic rings. The normalized spacial score (nSPS) is 12.9. The molecule has 1 aliphatic carbocycles. The van der Waals surface area contributed by atoms with Gasteiger partial charge in [-0.1, -0.05) is 18.2 Å². The number of rotatable bonds is 10. The third kappa shape index (κ3) is 5.11. The fourth-order valence-corrected chi connectivity index (χ4v) is 4.06. The summed E-state index contributed by atoms with van der Waals surface area (Å²) in [6.07, 6.45) is 7.44. The first-order valence-corrected chi connectivity index (χ1v) is 12.1. The first kappa shape index (κ1) is 23.6. The van der Waals surface area contributed by atoms with Crippen molar-refractivity contribution >= 4 is 5.97 Å². The van der Waals surface area contributed by atoms with Crippen molar-refractivity contribution in [3.8, 4) is 28.3 Å². The first-order valence-electron chi connectivity index (χ1n) is 12.1. The number of pyridine rings is 1. The molecule has 0 aliphatic heterocycles. The second-order valence-corrected chi connectivity index (χ2v) is 8.58. The maximum atomic E-state index is 13.0. The highest BCUT2D eigenvalue weighted by Crippen LogP contribution is 2.39. The minimum absolute atomic E-state index is 0.248. The van der Waals surface area contributed by atoms with Crippen LogP contribution in [-0.2, 0) is 17.9 Å². The summed E-state index contributed by atoms with van der Waals surface area (Å²) in [7, 11) is 0. The molecule has 5 rings (SSSR count). The molecule has 1 aliphatic rings. The van der Waals surface area contributed by atoms with Gasteiger partial charge in [0.1, 0.15) is 24.4 Å². The average molecular weight is 485 g/mol. The van der Waals surface area contributed by atoms with Gasteiger partial charge < -0.3 is 15.2 Å². The van der Waals surface area contributed by atoms with Crippen LogP contribution >= 0.6 is 0 Å². The maximum absolute atomic E-state index is 13.0. The summed E-state index contributed by atoms with van der Waals surface area (Å²) >= 11 is 0. The lowest BCUT2D eigenvalue weighted by atomic mass is 10.0. The van der Waals surface area contributed by atoms with Crippen LogP contribution in [0, 0.1) is 0 Å². The molecule has 0 unspecified atom stereocenters. The van der Waals surface area contributed by atoms with E-state index in [2.05, 4.69) is 32.2 Å². The Morgan fingerprint density at radius 3 is 2.58 bits per heavy atom. The first-order chi connectivity index (χ1) is 17.7. The topological polar surface area (TPSA) is 118 Å². The molecule has 0 spiro atoms. The number of hydrogen-bond acceptors (Lipinski definition) is 8. The van der Waals surface area contributed by atoms with E-state index in [9.17, 15) is 4.79 Å². The smallest absolute Gasteiger partial charge is 0.357 e. The number of benzene rings is 1. The molecule has 9 nitrogen and oxygen atoms in total. The van der Waals surface area contributed by atoms with Crippen molar-refractivity contribution in [2.24, 2.45) is 5.73 Å². The Bertz CT molecular complexity index is 1320. The Kier molecular flexibility index (Phi) is 6.99. The lowest BCUT2D eigenvalue weighted by Crippen LogP contribution is -2.18. The number of hydrogen-bond donors (Lipinski definition) is 1. The van der Waals surface area contributed by atoms with E-state index in [-0.39, 0.29) is 6.61 Å². The van der Waals surface area contributed by atoms with Crippen molar-refractivity contribution in [1.29, 1.82) is 0 Å². The molecule has 0 bridgehead atoms. The number of ether oxygens (including phenoxy) is 2. The molecular formula is C27H28N6O3. The van der Waals surface area contributed by atoms with Crippen molar-refractivity contribution in [3.63, 3.8) is 0 Å². The minimum atomic E-state index is -0.462. The Labute approximate surface area is 209 Å². The highest BCUT2D eigenvalue weighted by atomic mass is 16.5. The second kappa shape index (κ2) is 10.7. The quantitative estimate of drug-likeness (QED) is 0.336. The highest BCUT2D eigenvalue weighted by molar-refractivity contribution is 6.00. The Hall–Kier alpha value is -4.11. The van der Waals surface area contributed by atoms with E-state index in [1.54, 1.807) is 23.9 Å². The van der Waals surface area contributed by atoms with Crippen LogP contribution in [-0.4, -0.2) is 43.9 Å². The molecule has 0 atom stereocenters. The van der Waals surface area contributed by atoms with Crippen LogP contribution in [0.2, 0.25) is 0 Å². The zero-order chi connectivity index (χ0) is 24.9. The molecule has 3 aromatic heterocycles. The SMILES string of the molecule is CCOC(=O)c1c(-c2ccc(OCc3ccc(C4CC4)nc3)cc2)c(-c2ccncn2)nn1CCN. The highest BCUT2D eigenvalue weighted by Gasteiger charge is 2.27. The summed E-state index contributed by atoms with van der Waals surface area (Å²) < 4.78 is 12.9. The van der Waals surface area contributed by atoms with Gasteiger partial charge in [-0.2, -0.15) is 5.10 Å². The zero-order valence-corrected chi connectivity index (χ0v) is 20.1. The number of aromatic nitrogens is 5. The molecule has 184 valence electrons. The minimum Gasteiger partial charge on any atom is -0.489 e. The number of nitrogens with zero attached hydrogens (tertiary/aromatic N) is 5. The Morgan fingerprint density at radius 1 is 1.11 bits per heavy atom. The number of carbonyl (C=O) groups is 1. The predicted molar refractivity (Wildman–Crippen MR) is 134 cm³/mol. The monoisotopic (exact) mass is 484 g/mol. The van der Waals surface area contributed by atoms with E-state index in [1.165, 1.54) is 19.2 Å². The van der Waals surface area contributed by atoms with Crippen molar-refractivity contribution in [2.45, 2.75) is 38.8 Å². The zero-order valence-electron chi connectivity index (χ0n) is 20.1. The molecule has 0 radical (unpaired) electrons. The van der Waals surface area contributed by atoms with Gasteiger partial charge in [-0.15, -0.1) is 0 Å². The van der Waals surface area contributed by atoms with Crippen molar-refractivity contribution < 1.29 is 14.3 Å². The molecule has 1 saturated carbocycles. The average Bonchev–Trinajstić information content (AvgIpc) is 3.70. The van der Waals surface area contributed by atoms with Crippen LogP contribution in [0.5, 0.6) is 5.75 Å². The molecule has 3 heterocycles. The van der Waals surface area contributed by atoms with Gasteiger partial charge in [0, 0.05) is 41.7 Å². The van der Waals surface area contributed by atoms with Crippen LogP contribution in [0.4, 0.5) is 0 Å². The van der Waals surface area contributed by atoms with E-state index >= 15 is 0 Å². The lowest BCUT2D eigenvalue weighted by Gasteiger charge is -2.10. The van der Waals surface area contributed by atoms with Crippen molar-refractivity contribution in [1.82, 2.24) is 24.7 Å². The van der Waals surface area contributed by atoms with Crippen LogP contribution in [0.1, 0.15) is 47.4 Å². The van der Waals surface area contributed by atoms with Crippen molar-refractivity contribution in [2.75, 3.05) is 13.2 Å². The largest absolute Gasteiger partial charge is 0.489 e. The number of nitrogens with two attached hydrogens (primary N) is 1. The fourth-order valence-electron chi connectivity index (χ4n) is 4.06. The summed E-state index contributed by atoms with van der Waals surface area (Å²) in [4.78, 5) is 25.9. The van der Waals surface area contributed by atoms with E-state index in [4.69, 9.17) is 15.2 Å². The summed E-state index contributed by atoms with van der Waals surface area (Å²) in [6, 6.07) is 13.5. The number of carbonyl (C=O) groups excluding carboxylic acids is 1. The summed E-state index contributed by atoms with van der Waals surface area (Å²) in [5.74, 6) is 0.880. The maximum Gasteiger partial charge on any atom is 0.357 e. The second-order valence-electron chi connectivity index (χ2n) is 8.58. The van der Waals surface area contributed by atoms with Gasteiger partial charge in [0.15, 0.2) is 5.69 Å². The molecule has 1 fully saturated rings. The lowest BCUT2D eigenvalue weighted by molar-refractivity contribution is 0.0513. The molecular weight excluding hydrogens is 456 g/mol. The Morgan fingerprint density at radius 2 is 1.94 bits per heavy atom. The molecule has 2 N–H and O–H groups in total. The predicted octanol–water partition coefficient (Wildman–Crippen LogP) is 3.99. The standard InChI is InChI=1S/C27H28N6O3/c1-2-35-27(34)26-24(25(32-33(26)14-12-28)23-11-13-29-17-31-23)20-6-8-21(9-7-20)36-16-18-3-10-22(30-15-18)19-4-5-19/h3,6-11,13,15,17,19H,2,4-5,12,14,16,28H2,1H3. The van der Waals surface area contributed by atoms with Gasteiger partial charge in [-0.25, -0.2) is 14.8 Å². The molecule has 9 heteroatoms. The summed E-state index contributed by atoms with van der Waals surface area (Å²) in [5.41, 5.74) is 10.9. The van der Waals surface area contributed by atoms with Crippen LogP contribution in [0.15, 0.2) is 61.2 Å². The van der Waals surface area contributed by atoms with Gasteiger partial charge >= 0.3 is 5.97 Å². The summed E-state index contributed by atoms with van der Waals surface area (Å²) in [6.45, 7) is 3.12. The van der Waals surface area contributed by atoms with E-state index in [0.29, 0.717) is 54.0 Å². The van der Waals surface area contributed by atoms with Gasteiger partial charge in [-0.3, -0.25) is 9.67 Å². The van der Waals surface area contributed by atoms with Crippen LogP contribution in [0.25, 0.3) is 22.5 Å². The molecule has 1 aromatic carbocycles. The van der Waals surface area contributed by atoms with Crippen LogP contribution < -0.4 is 10.5 Å². The van der Waals surface area contributed by atoms with E-state index in [1.807, 2.05) is 30.5 Å². The molecule has 0 saturated heterocycles. The van der Waals surface area contributed by atoms with Gasteiger partial charge in [-0.05, 0) is 49.6 Å². The Balaban J connectivity index is 1.44. The van der Waals surface area contributed by atoms with Gasteiger partial charge in [0.25, 0.3) is 0 Å².